The Bertz CT molecular complexity index is 677. The van der Waals surface area contributed by atoms with Crippen LogP contribution >= 0.6 is 0 Å². The molecule has 0 aliphatic heterocycles. The molecular weight excluding hydrogens is 318 g/mol. The molecule has 0 radical (unpaired) electrons. The normalized spacial score (nSPS) is 25.7. The number of ether oxygens (including phenoxy) is 3. The van der Waals surface area contributed by atoms with Crippen LogP contribution in [0.4, 0.5) is 0 Å². The van der Waals surface area contributed by atoms with Gasteiger partial charge in [0.25, 0.3) is 0 Å². The van der Waals surface area contributed by atoms with Crippen LogP contribution < -0.4 is 9.47 Å². The van der Waals surface area contributed by atoms with E-state index in [-0.39, 0.29) is 11.9 Å². The molecule has 0 bridgehead atoms. The first-order chi connectivity index (χ1) is 12.1. The highest BCUT2D eigenvalue weighted by molar-refractivity contribution is 5.73. The summed E-state index contributed by atoms with van der Waals surface area (Å²) in [6.07, 6.45) is 5.26. The third-order valence-corrected chi connectivity index (χ3v) is 5.39. The van der Waals surface area contributed by atoms with Crippen molar-refractivity contribution in [2.45, 2.75) is 43.9 Å². The van der Waals surface area contributed by atoms with Gasteiger partial charge in [0.15, 0.2) is 11.5 Å². The Morgan fingerprint density at radius 3 is 2.72 bits per heavy atom. The molecule has 0 aromatic heterocycles. The van der Waals surface area contributed by atoms with Crippen LogP contribution in [0.2, 0.25) is 0 Å². The van der Waals surface area contributed by atoms with Gasteiger partial charge in [-0.25, -0.2) is 0 Å². The van der Waals surface area contributed by atoms with Crippen molar-refractivity contribution in [3.05, 3.63) is 23.8 Å². The van der Waals surface area contributed by atoms with Crippen LogP contribution in [0.1, 0.15) is 44.1 Å². The fourth-order valence-electron chi connectivity index (χ4n) is 3.65. The molecule has 0 N–H and O–H groups in total. The van der Waals surface area contributed by atoms with E-state index in [0.29, 0.717) is 30.4 Å². The minimum absolute atomic E-state index is 0.224. The number of benzene rings is 1. The largest absolute Gasteiger partial charge is 0.493 e. The second-order valence-corrected chi connectivity index (χ2v) is 7.13. The van der Waals surface area contributed by atoms with Crippen LogP contribution in [0.3, 0.4) is 0 Å². The van der Waals surface area contributed by atoms with Gasteiger partial charge in [-0.2, -0.15) is 5.26 Å². The van der Waals surface area contributed by atoms with Gasteiger partial charge in [0.2, 0.25) is 0 Å². The highest BCUT2D eigenvalue weighted by Crippen LogP contribution is 2.44. The second-order valence-electron chi connectivity index (χ2n) is 7.13. The lowest BCUT2D eigenvalue weighted by atomic mass is 9.66. The zero-order valence-corrected chi connectivity index (χ0v) is 14.9. The van der Waals surface area contributed by atoms with Crippen LogP contribution in [0.15, 0.2) is 18.2 Å². The van der Waals surface area contributed by atoms with Crippen molar-refractivity contribution in [1.29, 1.82) is 5.26 Å². The van der Waals surface area contributed by atoms with Crippen molar-refractivity contribution in [2.24, 2.45) is 11.8 Å². The predicted octanol–water partition coefficient (Wildman–Crippen LogP) is 3.61. The lowest BCUT2D eigenvalue weighted by Crippen LogP contribution is -2.35. The Morgan fingerprint density at radius 1 is 1.28 bits per heavy atom. The summed E-state index contributed by atoms with van der Waals surface area (Å²) in [6.45, 7) is 0.685. The monoisotopic (exact) mass is 343 g/mol. The highest BCUT2D eigenvalue weighted by Gasteiger charge is 2.41. The molecule has 0 saturated heterocycles. The van der Waals surface area contributed by atoms with Crippen molar-refractivity contribution >= 4 is 5.97 Å². The lowest BCUT2D eigenvalue weighted by Gasteiger charge is -2.35. The molecule has 5 heteroatoms. The van der Waals surface area contributed by atoms with E-state index in [2.05, 4.69) is 6.07 Å². The van der Waals surface area contributed by atoms with Crippen molar-refractivity contribution in [3.8, 4) is 17.6 Å². The summed E-state index contributed by atoms with van der Waals surface area (Å²) in [4.78, 5) is 12.0. The standard InChI is InChI=1S/C20H25NO4/c1-23-17-8-7-16(10-18(17)25-12-14-5-6-14)20(13-21)9-3-4-15(11-20)19(22)24-2/h7-8,10,14-15H,3-6,9,11-12H2,1-2H3/t15-,20-/m1/s1. The van der Waals surface area contributed by atoms with Gasteiger partial charge < -0.3 is 14.2 Å². The van der Waals surface area contributed by atoms with E-state index in [1.165, 1.54) is 20.0 Å². The van der Waals surface area contributed by atoms with Gasteiger partial charge in [-0.15, -0.1) is 0 Å². The fraction of sp³-hybridized carbons (Fsp3) is 0.600. The van der Waals surface area contributed by atoms with Crippen molar-refractivity contribution in [3.63, 3.8) is 0 Å². The third-order valence-electron chi connectivity index (χ3n) is 5.39. The summed E-state index contributed by atoms with van der Waals surface area (Å²) in [7, 11) is 3.02. The maximum atomic E-state index is 12.0. The number of carbonyl (C=O) groups excluding carboxylic acids is 1. The Labute approximate surface area is 148 Å². The molecule has 0 spiro atoms. The minimum Gasteiger partial charge on any atom is -0.493 e. The van der Waals surface area contributed by atoms with Gasteiger partial charge in [-0.05, 0) is 55.7 Å². The number of esters is 1. The Hall–Kier alpha value is -2.22. The lowest BCUT2D eigenvalue weighted by molar-refractivity contribution is -0.147. The molecule has 3 rings (SSSR count). The molecule has 25 heavy (non-hydrogen) atoms. The number of nitrogens with zero attached hydrogens (tertiary/aromatic N) is 1. The SMILES string of the molecule is COC(=O)[C@@H]1CCC[C@@](C#N)(c2ccc(OC)c(OCC3CC3)c2)C1. The van der Waals surface area contributed by atoms with Crippen molar-refractivity contribution < 1.29 is 19.0 Å². The summed E-state index contributed by atoms with van der Waals surface area (Å²) in [5.74, 6) is 1.55. The zero-order valence-electron chi connectivity index (χ0n) is 14.9. The van der Waals surface area contributed by atoms with Gasteiger partial charge in [-0.3, -0.25) is 4.79 Å². The van der Waals surface area contributed by atoms with Gasteiger partial charge in [0, 0.05) is 0 Å². The molecule has 2 atom stereocenters. The maximum absolute atomic E-state index is 12.0. The molecule has 0 heterocycles. The number of carbonyl (C=O) groups is 1. The molecule has 2 fully saturated rings. The van der Waals surface area contributed by atoms with E-state index >= 15 is 0 Å². The minimum atomic E-state index is -0.679. The Kier molecular flexibility index (Phi) is 5.17. The summed E-state index contributed by atoms with van der Waals surface area (Å²) in [5, 5.41) is 9.94. The molecule has 0 unspecified atom stereocenters. The number of hydrogen-bond acceptors (Lipinski definition) is 5. The van der Waals surface area contributed by atoms with Crippen molar-refractivity contribution in [2.75, 3.05) is 20.8 Å². The molecule has 2 aliphatic rings. The van der Waals surface area contributed by atoms with Crippen LogP contribution in [0, 0.1) is 23.2 Å². The van der Waals surface area contributed by atoms with Gasteiger partial charge >= 0.3 is 5.97 Å². The third kappa shape index (κ3) is 3.73. The van der Waals surface area contributed by atoms with E-state index in [0.717, 1.165) is 24.8 Å². The Balaban J connectivity index is 1.87. The maximum Gasteiger partial charge on any atom is 0.308 e. The fourth-order valence-corrected chi connectivity index (χ4v) is 3.65. The predicted molar refractivity (Wildman–Crippen MR) is 92.5 cm³/mol. The van der Waals surface area contributed by atoms with Gasteiger partial charge in [0.1, 0.15) is 0 Å². The van der Waals surface area contributed by atoms with E-state index in [1.54, 1.807) is 7.11 Å². The molecular formula is C20H25NO4. The smallest absolute Gasteiger partial charge is 0.308 e. The molecule has 134 valence electrons. The molecule has 2 aliphatic carbocycles. The van der Waals surface area contributed by atoms with E-state index in [1.807, 2.05) is 18.2 Å². The number of methoxy groups -OCH3 is 2. The topological polar surface area (TPSA) is 68.6 Å². The second kappa shape index (κ2) is 7.35. The van der Waals surface area contributed by atoms with Gasteiger partial charge in [0.05, 0.1) is 38.2 Å². The first-order valence-electron chi connectivity index (χ1n) is 8.92. The molecule has 0 amide bonds. The van der Waals surface area contributed by atoms with Crippen LogP contribution in [0.5, 0.6) is 11.5 Å². The van der Waals surface area contributed by atoms with Crippen LogP contribution in [-0.4, -0.2) is 26.8 Å². The van der Waals surface area contributed by atoms with Crippen LogP contribution in [-0.2, 0) is 14.9 Å². The first-order valence-corrected chi connectivity index (χ1v) is 8.92. The van der Waals surface area contributed by atoms with Gasteiger partial charge in [-0.1, -0.05) is 12.5 Å². The van der Waals surface area contributed by atoms with Crippen molar-refractivity contribution in [1.82, 2.24) is 0 Å². The average molecular weight is 343 g/mol. The summed E-state index contributed by atoms with van der Waals surface area (Å²) in [6, 6.07) is 8.18. The molecule has 1 aromatic rings. The summed E-state index contributed by atoms with van der Waals surface area (Å²) in [5.41, 5.74) is 0.219. The number of rotatable bonds is 6. The highest BCUT2D eigenvalue weighted by atomic mass is 16.5. The van der Waals surface area contributed by atoms with Crippen LogP contribution in [0.25, 0.3) is 0 Å². The zero-order chi connectivity index (χ0) is 17.9. The van der Waals surface area contributed by atoms with E-state index in [9.17, 15) is 10.1 Å². The molecule has 5 nitrogen and oxygen atoms in total. The number of nitriles is 1. The summed E-state index contributed by atoms with van der Waals surface area (Å²) >= 11 is 0. The first kappa shape index (κ1) is 17.6. The average Bonchev–Trinajstić information content (AvgIpc) is 3.49. The van der Waals surface area contributed by atoms with E-state index < -0.39 is 5.41 Å². The number of hydrogen-bond donors (Lipinski definition) is 0. The molecule has 1 aromatic carbocycles. The summed E-state index contributed by atoms with van der Waals surface area (Å²) < 4.78 is 16.2. The molecule has 2 saturated carbocycles. The van der Waals surface area contributed by atoms with E-state index in [4.69, 9.17) is 14.2 Å². The Morgan fingerprint density at radius 2 is 2.08 bits per heavy atom. The quantitative estimate of drug-likeness (QED) is 0.738.